The van der Waals surface area contributed by atoms with Crippen LogP contribution in [-0.4, -0.2) is 37.9 Å². The summed E-state index contributed by atoms with van der Waals surface area (Å²) in [5.41, 5.74) is 0. The fourth-order valence-corrected chi connectivity index (χ4v) is 5.01. The van der Waals surface area contributed by atoms with Crippen LogP contribution >= 0.6 is 22.4 Å². The van der Waals surface area contributed by atoms with Crippen LogP contribution < -0.4 is 0 Å². The van der Waals surface area contributed by atoms with Crippen LogP contribution in [0.15, 0.2) is 0 Å². The minimum absolute atomic E-state index is 0.598. The summed E-state index contributed by atoms with van der Waals surface area (Å²) in [7, 11) is -10.0. The van der Waals surface area contributed by atoms with E-state index < -0.39 is 35.6 Å². The smallest absolute Gasteiger partial charge is 0.394 e. The molecule has 0 radical (unpaired) electrons. The number of phosphoric acid groups is 2. The zero-order chi connectivity index (χ0) is 13.0. The Balaban J connectivity index is 4.52. The number of rotatable bonds is 7. The van der Waals surface area contributed by atoms with Crippen molar-refractivity contribution in [3.63, 3.8) is 0 Å². The summed E-state index contributed by atoms with van der Waals surface area (Å²) in [5.74, 6) is 0. The van der Waals surface area contributed by atoms with Crippen molar-refractivity contribution < 1.29 is 47.0 Å². The molecule has 16 heavy (non-hydrogen) atoms. The van der Waals surface area contributed by atoms with Crippen molar-refractivity contribution in [1.82, 2.24) is 0 Å². The lowest BCUT2D eigenvalue weighted by molar-refractivity contribution is 0.150. The van der Waals surface area contributed by atoms with Crippen molar-refractivity contribution in [3.8, 4) is 0 Å². The van der Waals surface area contributed by atoms with Crippen LogP contribution in [0, 0.1) is 0 Å². The van der Waals surface area contributed by atoms with E-state index in [0.29, 0.717) is 0 Å². The van der Waals surface area contributed by atoms with E-state index in [-0.39, 0.29) is 0 Å². The number of hydrogen-bond donors (Lipinski definition) is 5. The lowest BCUT2D eigenvalue weighted by Crippen LogP contribution is -2.00. The van der Waals surface area contributed by atoms with Gasteiger partial charge in [0.2, 0.25) is 0 Å². The Labute approximate surface area is 94.9 Å². The Morgan fingerprint density at radius 2 is 1.56 bits per heavy atom. The molecule has 0 bridgehead atoms. The van der Waals surface area contributed by atoms with Crippen LogP contribution in [0.5, 0.6) is 0 Å². The van der Waals surface area contributed by atoms with E-state index in [4.69, 9.17) is 24.7 Å². The van der Waals surface area contributed by atoms with Crippen LogP contribution in [0.2, 0.25) is 0 Å². The number of phosphoric ester groups is 1. The second-order valence-corrected chi connectivity index (χ2v) is 7.95. The third kappa shape index (κ3) is 8.89. The first-order valence-electron chi connectivity index (χ1n) is 3.37. The lowest BCUT2D eigenvalue weighted by atomic mass is 10.8. The van der Waals surface area contributed by atoms with Crippen molar-refractivity contribution >= 4 is 34.2 Å². The standard InChI is InChI=1S/C2H9O10P3S/c3-1-2-10-14(7,8)12-15(9,16)11-13(4,5)6/h3H,1-2H2,(H,7,8)(H,9,16)(H2,4,5,6). The van der Waals surface area contributed by atoms with Gasteiger partial charge in [-0.3, -0.25) is 4.52 Å². The summed E-state index contributed by atoms with van der Waals surface area (Å²) in [6.45, 7) is -5.83. The summed E-state index contributed by atoms with van der Waals surface area (Å²) in [6, 6.07) is 0. The van der Waals surface area contributed by atoms with Gasteiger partial charge in [-0.15, -0.1) is 0 Å². The fourth-order valence-electron chi connectivity index (χ4n) is 0.459. The topological polar surface area (TPSA) is 163 Å². The average Bonchev–Trinajstić information content (AvgIpc) is 1.93. The maximum atomic E-state index is 10.9. The van der Waals surface area contributed by atoms with Gasteiger partial charge in [0, 0.05) is 0 Å². The first kappa shape index (κ1) is 16.8. The summed E-state index contributed by atoms with van der Waals surface area (Å²) in [5, 5.41) is 8.27. The maximum Gasteiger partial charge on any atom is 0.479 e. The average molecular weight is 318 g/mol. The van der Waals surface area contributed by atoms with Crippen molar-refractivity contribution in [3.05, 3.63) is 0 Å². The predicted octanol–water partition coefficient (Wildman–Crippen LogP) is -0.562. The summed E-state index contributed by atoms with van der Waals surface area (Å²) in [6.07, 6.45) is 0. The molecular weight excluding hydrogens is 309 g/mol. The van der Waals surface area contributed by atoms with Gasteiger partial charge < -0.3 is 24.7 Å². The molecule has 0 aliphatic carbocycles. The van der Waals surface area contributed by atoms with E-state index in [1.807, 2.05) is 0 Å². The molecule has 0 heterocycles. The van der Waals surface area contributed by atoms with E-state index in [9.17, 15) is 9.13 Å². The minimum atomic E-state index is -5.17. The molecule has 98 valence electrons. The normalized spacial score (nSPS) is 20.1. The Hall–Kier alpha value is 0.790. The Kier molecular flexibility index (Phi) is 6.40. The van der Waals surface area contributed by atoms with Crippen molar-refractivity contribution in [2.45, 2.75) is 0 Å². The molecule has 2 unspecified atom stereocenters. The van der Waals surface area contributed by atoms with Crippen molar-refractivity contribution in [2.24, 2.45) is 0 Å². The SMILES string of the molecule is O=P(O)(O)OP(O)(=S)OP(=O)(O)OCCO. The quantitative estimate of drug-likeness (QED) is 0.382. The van der Waals surface area contributed by atoms with E-state index in [2.05, 4.69) is 25.0 Å². The van der Waals surface area contributed by atoms with Gasteiger partial charge in [-0.1, -0.05) is 0 Å². The largest absolute Gasteiger partial charge is 0.479 e. The Morgan fingerprint density at radius 1 is 1.06 bits per heavy atom. The molecule has 2 atom stereocenters. The highest BCUT2D eigenvalue weighted by atomic mass is 32.5. The molecule has 0 rings (SSSR count). The van der Waals surface area contributed by atoms with Gasteiger partial charge in [-0.2, -0.15) is 0 Å². The van der Waals surface area contributed by atoms with Crippen LogP contribution in [0.4, 0.5) is 0 Å². The molecule has 0 aromatic rings. The molecule has 0 saturated heterocycles. The van der Waals surface area contributed by atoms with Crippen LogP contribution in [-0.2, 0) is 34.1 Å². The summed E-state index contributed by atoms with van der Waals surface area (Å²) >= 11 is 4.05. The molecule has 0 spiro atoms. The molecular formula is C2H9O10P3S. The molecule has 0 saturated carbocycles. The van der Waals surface area contributed by atoms with Gasteiger partial charge in [0.1, 0.15) is 0 Å². The zero-order valence-corrected chi connectivity index (χ0v) is 10.9. The van der Waals surface area contributed by atoms with E-state index in [1.54, 1.807) is 0 Å². The zero-order valence-electron chi connectivity index (χ0n) is 7.44. The minimum Gasteiger partial charge on any atom is -0.394 e. The van der Waals surface area contributed by atoms with E-state index >= 15 is 0 Å². The molecule has 0 amide bonds. The first-order chi connectivity index (χ1) is 6.97. The molecule has 0 aliphatic heterocycles. The third-order valence-electron chi connectivity index (χ3n) is 0.762. The fraction of sp³-hybridized carbons (Fsp3) is 1.00. The van der Waals surface area contributed by atoms with Crippen molar-refractivity contribution in [1.29, 1.82) is 0 Å². The highest BCUT2D eigenvalue weighted by Gasteiger charge is 2.36. The van der Waals surface area contributed by atoms with E-state index in [0.717, 1.165) is 0 Å². The number of aliphatic hydroxyl groups is 1. The summed E-state index contributed by atoms with van der Waals surface area (Å²) < 4.78 is 32.7. The summed E-state index contributed by atoms with van der Waals surface area (Å²) in [4.78, 5) is 34.4. The molecule has 0 aliphatic rings. The van der Waals surface area contributed by atoms with Crippen molar-refractivity contribution in [2.75, 3.05) is 13.2 Å². The molecule has 14 heteroatoms. The highest BCUT2D eigenvalue weighted by Crippen LogP contribution is 2.66. The molecule has 10 nitrogen and oxygen atoms in total. The van der Waals surface area contributed by atoms with E-state index in [1.165, 1.54) is 0 Å². The molecule has 5 N–H and O–H groups in total. The molecule has 0 aromatic heterocycles. The molecule has 0 aromatic carbocycles. The highest BCUT2D eigenvalue weighted by molar-refractivity contribution is 8.09. The second-order valence-electron chi connectivity index (χ2n) is 2.15. The lowest BCUT2D eigenvalue weighted by Gasteiger charge is -2.18. The second kappa shape index (κ2) is 6.10. The number of aliphatic hydroxyl groups excluding tert-OH is 1. The van der Waals surface area contributed by atoms with Gasteiger partial charge in [0.25, 0.3) is 0 Å². The first-order valence-corrected chi connectivity index (χ1v) is 8.98. The van der Waals surface area contributed by atoms with Gasteiger partial charge in [-0.05, 0) is 11.8 Å². The Bertz CT molecular complexity index is 359. The third-order valence-corrected chi connectivity index (χ3v) is 5.80. The maximum absolute atomic E-state index is 10.9. The molecule has 0 fully saturated rings. The van der Waals surface area contributed by atoms with Gasteiger partial charge in [0.15, 0.2) is 0 Å². The number of hydrogen-bond acceptors (Lipinski definition) is 7. The monoisotopic (exact) mass is 318 g/mol. The van der Waals surface area contributed by atoms with Gasteiger partial charge in [-0.25, -0.2) is 17.8 Å². The van der Waals surface area contributed by atoms with Crippen LogP contribution in [0.1, 0.15) is 0 Å². The van der Waals surface area contributed by atoms with Gasteiger partial charge >= 0.3 is 22.4 Å². The van der Waals surface area contributed by atoms with Crippen LogP contribution in [0.3, 0.4) is 0 Å². The van der Waals surface area contributed by atoms with Crippen LogP contribution in [0.25, 0.3) is 0 Å². The predicted molar refractivity (Wildman–Crippen MR) is 53.6 cm³/mol. The Morgan fingerprint density at radius 3 is 1.94 bits per heavy atom. The van der Waals surface area contributed by atoms with Gasteiger partial charge in [0.05, 0.1) is 13.2 Å².